The van der Waals surface area contributed by atoms with Crippen molar-refractivity contribution >= 4 is 11.8 Å². The van der Waals surface area contributed by atoms with Gasteiger partial charge in [0.1, 0.15) is 17.3 Å². The van der Waals surface area contributed by atoms with Crippen molar-refractivity contribution in [2.45, 2.75) is 37.8 Å². The summed E-state index contributed by atoms with van der Waals surface area (Å²) in [5, 5.41) is 8.86. The number of halogens is 3. The number of hydrogen-bond acceptors (Lipinski definition) is 4. The minimum absolute atomic E-state index is 0.0305. The van der Waals surface area contributed by atoms with Crippen LogP contribution in [0.4, 0.5) is 19.0 Å². The number of rotatable bonds is 4. The molecule has 0 unspecified atom stereocenters. The van der Waals surface area contributed by atoms with Crippen LogP contribution in [0.1, 0.15) is 43.1 Å². The summed E-state index contributed by atoms with van der Waals surface area (Å²) < 4.78 is 39.4. The zero-order valence-electron chi connectivity index (χ0n) is 13.0. The van der Waals surface area contributed by atoms with Crippen LogP contribution < -0.4 is 4.90 Å². The summed E-state index contributed by atoms with van der Waals surface area (Å²) in [4.78, 5) is 20.8. The summed E-state index contributed by atoms with van der Waals surface area (Å²) in [6, 6.07) is 1.03. The number of piperidine rings is 1. The molecule has 2 atom stereocenters. The molecule has 0 amide bonds. The van der Waals surface area contributed by atoms with Crippen molar-refractivity contribution < 1.29 is 23.1 Å². The van der Waals surface area contributed by atoms with Crippen LogP contribution in [0.15, 0.2) is 6.07 Å². The zero-order valence-corrected chi connectivity index (χ0v) is 13.0. The number of carbonyl (C=O) groups is 1. The van der Waals surface area contributed by atoms with Gasteiger partial charge < -0.3 is 10.0 Å². The second-order valence-corrected chi connectivity index (χ2v) is 7.09. The standard InChI is InChI=1S/C16H18F3N3O2/c17-16(18,19)12-5-13(21-15(20-12)8-2-1-3-8)22-6-10-9(4-14(23)24)11(10)7-22/h5,8-11H,1-4,6-7H2,(H,23,24)/t10-,11-/m1/s1. The fourth-order valence-electron chi connectivity index (χ4n) is 3.95. The van der Waals surface area contributed by atoms with E-state index in [1.165, 1.54) is 0 Å². The molecule has 1 saturated heterocycles. The van der Waals surface area contributed by atoms with Crippen molar-refractivity contribution in [3.63, 3.8) is 0 Å². The second-order valence-electron chi connectivity index (χ2n) is 7.09. The van der Waals surface area contributed by atoms with E-state index in [2.05, 4.69) is 9.97 Å². The molecule has 0 radical (unpaired) electrons. The van der Waals surface area contributed by atoms with Crippen LogP contribution in [0, 0.1) is 17.8 Å². The first kappa shape index (κ1) is 15.7. The number of nitrogens with zero attached hydrogens (tertiary/aromatic N) is 3. The van der Waals surface area contributed by atoms with E-state index in [9.17, 15) is 18.0 Å². The average Bonchev–Trinajstić information content (AvgIpc) is 2.89. The molecule has 0 bridgehead atoms. The summed E-state index contributed by atoms with van der Waals surface area (Å²) >= 11 is 0. The van der Waals surface area contributed by atoms with Gasteiger partial charge in [-0.2, -0.15) is 13.2 Å². The topological polar surface area (TPSA) is 66.3 Å². The Hall–Kier alpha value is -1.86. The van der Waals surface area contributed by atoms with Crippen molar-refractivity contribution in [1.29, 1.82) is 0 Å². The van der Waals surface area contributed by atoms with Crippen LogP contribution in [0.25, 0.3) is 0 Å². The Bertz CT molecular complexity index is 663. The summed E-state index contributed by atoms with van der Waals surface area (Å²) in [5.41, 5.74) is -0.878. The zero-order chi connectivity index (χ0) is 17.1. The molecule has 2 aliphatic carbocycles. The molecule has 24 heavy (non-hydrogen) atoms. The lowest BCUT2D eigenvalue weighted by Crippen LogP contribution is -2.27. The molecule has 1 aromatic heterocycles. The molecule has 0 aromatic carbocycles. The highest BCUT2D eigenvalue weighted by Gasteiger charge is 2.56. The Kier molecular flexibility index (Phi) is 3.47. The predicted octanol–water partition coefficient (Wildman–Crippen LogP) is 2.92. The Morgan fingerprint density at radius 2 is 1.92 bits per heavy atom. The van der Waals surface area contributed by atoms with Crippen LogP contribution in [-0.4, -0.2) is 34.1 Å². The van der Waals surface area contributed by atoms with Crippen molar-refractivity contribution in [3.8, 4) is 0 Å². The van der Waals surface area contributed by atoms with Crippen molar-refractivity contribution in [1.82, 2.24) is 9.97 Å². The Balaban J connectivity index is 1.54. The highest BCUT2D eigenvalue weighted by Crippen LogP contribution is 2.54. The molecule has 3 aliphatic rings. The highest BCUT2D eigenvalue weighted by molar-refractivity contribution is 5.68. The molecule has 3 fully saturated rings. The van der Waals surface area contributed by atoms with Crippen LogP contribution >= 0.6 is 0 Å². The smallest absolute Gasteiger partial charge is 0.433 e. The number of fused-ring (bicyclic) bond motifs is 1. The number of hydrogen-bond donors (Lipinski definition) is 1. The summed E-state index contributed by atoms with van der Waals surface area (Å²) in [5.74, 6) is 0.538. The van der Waals surface area contributed by atoms with E-state index >= 15 is 0 Å². The SMILES string of the molecule is O=C(O)CC1[C@H]2CN(c3cc(C(F)(F)F)nc(C4CCC4)n3)C[C@H]12. The van der Waals surface area contributed by atoms with Crippen molar-refractivity contribution in [3.05, 3.63) is 17.6 Å². The van der Waals surface area contributed by atoms with Gasteiger partial charge in [0.2, 0.25) is 0 Å². The Morgan fingerprint density at radius 3 is 2.42 bits per heavy atom. The van der Waals surface area contributed by atoms with E-state index in [0.717, 1.165) is 25.3 Å². The van der Waals surface area contributed by atoms with E-state index in [4.69, 9.17) is 5.11 Å². The maximum absolute atomic E-state index is 13.1. The first-order valence-electron chi connectivity index (χ1n) is 8.26. The number of carboxylic acids is 1. The van der Waals surface area contributed by atoms with Gasteiger partial charge in [-0.05, 0) is 30.6 Å². The Labute approximate surface area is 136 Å². The van der Waals surface area contributed by atoms with Gasteiger partial charge in [0, 0.05) is 31.5 Å². The maximum atomic E-state index is 13.1. The first-order chi connectivity index (χ1) is 11.3. The lowest BCUT2D eigenvalue weighted by atomic mass is 9.85. The molecule has 130 valence electrons. The van der Waals surface area contributed by atoms with Gasteiger partial charge in [0.25, 0.3) is 0 Å². The molecule has 1 N–H and O–H groups in total. The number of aromatic nitrogens is 2. The van der Waals surface area contributed by atoms with Gasteiger partial charge in [-0.3, -0.25) is 4.79 Å². The second kappa shape index (κ2) is 5.32. The third kappa shape index (κ3) is 2.71. The van der Waals surface area contributed by atoms with Gasteiger partial charge in [0.15, 0.2) is 0 Å². The highest BCUT2D eigenvalue weighted by atomic mass is 19.4. The molecule has 0 spiro atoms. The van der Waals surface area contributed by atoms with Gasteiger partial charge >= 0.3 is 12.1 Å². The molecule has 4 rings (SSSR count). The molecule has 1 aliphatic heterocycles. The van der Waals surface area contributed by atoms with Gasteiger partial charge in [0.05, 0.1) is 0 Å². The van der Waals surface area contributed by atoms with Gasteiger partial charge in [-0.25, -0.2) is 9.97 Å². The monoisotopic (exact) mass is 341 g/mol. The number of carboxylic acid groups (broad SMARTS) is 1. The van der Waals surface area contributed by atoms with Crippen molar-refractivity contribution in [2.24, 2.45) is 17.8 Å². The number of aliphatic carboxylic acids is 1. The predicted molar refractivity (Wildman–Crippen MR) is 78.6 cm³/mol. The lowest BCUT2D eigenvalue weighted by Gasteiger charge is -2.27. The van der Waals surface area contributed by atoms with Crippen molar-refractivity contribution in [2.75, 3.05) is 18.0 Å². The molecule has 1 aromatic rings. The molecular formula is C16H18F3N3O2. The van der Waals surface area contributed by atoms with Crippen LogP contribution in [0.2, 0.25) is 0 Å². The van der Waals surface area contributed by atoms with Crippen LogP contribution in [0.5, 0.6) is 0 Å². The normalized spacial score (nSPS) is 29.3. The van der Waals surface area contributed by atoms with Gasteiger partial charge in [-0.1, -0.05) is 6.42 Å². The fraction of sp³-hybridized carbons (Fsp3) is 0.688. The molecule has 5 nitrogen and oxygen atoms in total. The van der Waals surface area contributed by atoms with E-state index in [0.29, 0.717) is 24.7 Å². The molecular weight excluding hydrogens is 323 g/mol. The average molecular weight is 341 g/mol. The summed E-state index contributed by atoms with van der Waals surface area (Å²) in [6.45, 7) is 1.17. The molecule has 2 heterocycles. The van der Waals surface area contributed by atoms with E-state index in [1.807, 2.05) is 4.90 Å². The van der Waals surface area contributed by atoms with Crippen LogP contribution in [0.3, 0.4) is 0 Å². The number of anilines is 1. The number of alkyl halides is 3. The maximum Gasteiger partial charge on any atom is 0.433 e. The fourth-order valence-corrected chi connectivity index (χ4v) is 3.95. The largest absolute Gasteiger partial charge is 0.481 e. The molecule has 8 heteroatoms. The van der Waals surface area contributed by atoms with E-state index in [-0.39, 0.29) is 30.1 Å². The quantitative estimate of drug-likeness (QED) is 0.912. The summed E-state index contributed by atoms with van der Waals surface area (Å²) in [7, 11) is 0. The third-order valence-electron chi connectivity index (χ3n) is 5.60. The van der Waals surface area contributed by atoms with E-state index in [1.54, 1.807) is 0 Å². The lowest BCUT2D eigenvalue weighted by molar-refractivity contribution is -0.141. The minimum atomic E-state index is -4.48. The van der Waals surface area contributed by atoms with Gasteiger partial charge in [-0.15, -0.1) is 0 Å². The Morgan fingerprint density at radius 1 is 1.25 bits per heavy atom. The first-order valence-corrected chi connectivity index (χ1v) is 8.26. The van der Waals surface area contributed by atoms with Crippen LogP contribution in [-0.2, 0) is 11.0 Å². The summed E-state index contributed by atoms with van der Waals surface area (Å²) in [6.07, 6.45) is -1.65. The third-order valence-corrected chi connectivity index (χ3v) is 5.60. The molecule has 2 saturated carbocycles. The minimum Gasteiger partial charge on any atom is -0.481 e. The van der Waals surface area contributed by atoms with E-state index < -0.39 is 17.8 Å².